The van der Waals surface area contributed by atoms with Crippen molar-refractivity contribution in [3.05, 3.63) is 102 Å². The maximum absolute atomic E-state index is 13.5. The Balaban J connectivity index is 1.43. The molecule has 1 aliphatic rings. The van der Waals surface area contributed by atoms with E-state index < -0.39 is 17.6 Å². The van der Waals surface area contributed by atoms with Gasteiger partial charge in [0.1, 0.15) is 6.54 Å². The van der Waals surface area contributed by atoms with Crippen LogP contribution >= 0.6 is 0 Å². The predicted molar refractivity (Wildman–Crippen MR) is 149 cm³/mol. The standard InChI is InChI=1S/C31H29F3N4O3/c1-21-8-5-6-12-26(21)29(40)37(18-25-11-7-17-41-25)20-28(39)36-30-35-27(22-9-3-2-4-10-22)19-38(30)24-15-13-23(14-16-24)31(32,33)34/h2-6,8-10,12-16,19,25H,7,11,17-18,20H2,1H3,(H,35,36,39)/t25-/m0/s1. The number of aryl methyl sites for hydroxylation is 1. The number of imidazole rings is 1. The summed E-state index contributed by atoms with van der Waals surface area (Å²) in [5.74, 6) is -0.665. The van der Waals surface area contributed by atoms with E-state index in [1.807, 2.05) is 49.4 Å². The van der Waals surface area contributed by atoms with E-state index in [2.05, 4.69) is 10.3 Å². The average molecular weight is 563 g/mol. The number of hydrogen-bond donors (Lipinski definition) is 1. The molecule has 41 heavy (non-hydrogen) atoms. The first-order valence-corrected chi connectivity index (χ1v) is 13.3. The van der Waals surface area contributed by atoms with Gasteiger partial charge in [0.2, 0.25) is 11.9 Å². The molecule has 212 valence electrons. The second kappa shape index (κ2) is 12.0. The van der Waals surface area contributed by atoms with Crippen LogP contribution < -0.4 is 5.32 Å². The van der Waals surface area contributed by atoms with Crippen LogP contribution in [0, 0.1) is 6.92 Å². The van der Waals surface area contributed by atoms with Crippen LogP contribution in [0.25, 0.3) is 16.9 Å². The number of alkyl halides is 3. The third kappa shape index (κ3) is 6.66. The number of anilines is 1. The van der Waals surface area contributed by atoms with Crippen molar-refractivity contribution < 1.29 is 27.5 Å². The zero-order valence-corrected chi connectivity index (χ0v) is 22.4. The first kappa shape index (κ1) is 28.1. The normalized spacial score (nSPS) is 15.1. The molecule has 0 spiro atoms. The lowest BCUT2D eigenvalue weighted by atomic mass is 10.1. The topological polar surface area (TPSA) is 76.5 Å². The Kier molecular flexibility index (Phi) is 8.21. The highest BCUT2D eigenvalue weighted by Gasteiger charge is 2.30. The molecule has 4 aromatic rings. The Labute approximate surface area is 235 Å². The van der Waals surface area contributed by atoms with E-state index >= 15 is 0 Å². The number of nitrogens with zero attached hydrogens (tertiary/aromatic N) is 3. The summed E-state index contributed by atoms with van der Waals surface area (Å²) in [7, 11) is 0. The fourth-order valence-corrected chi connectivity index (χ4v) is 4.80. The maximum atomic E-state index is 13.5. The van der Waals surface area contributed by atoms with E-state index in [-0.39, 0.29) is 31.0 Å². The lowest BCUT2D eigenvalue weighted by Gasteiger charge is -2.25. The van der Waals surface area contributed by atoms with E-state index in [1.54, 1.807) is 18.3 Å². The Morgan fingerprint density at radius 3 is 2.39 bits per heavy atom. The summed E-state index contributed by atoms with van der Waals surface area (Å²) in [5, 5.41) is 2.78. The van der Waals surface area contributed by atoms with Gasteiger partial charge < -0.3 is 9.64 Å². The minimum absolute atomic E-state index is 0.119. The number of ether oxygens (including phenoxy) is 1. The summed E-state index contributed by atoms with van der Waals surface area (Å²) >= 11 is 0. The molecule has 1 atom stereocenters. The van der Waals surface area contributed by atoms with Gasteiger partial charge in [-0.05, 0) is 55.7 Å². The van der Waals surface area contributed by atoms with Crippen LogP contribution in [0.2, 0.25) is 0 Å². The van der Waals surface area contributed by atoms with Crippen molar-refractivity contribution in [1.29, 1.82) is 0 Å². The van der Waals surface area contributed by atoms with Crippen molar-refractivity contribution in [1.82, 2.24) is 14.5 Å². The van der Waals surface area contributed by atoms with E-state index in [9.17, 15) is 22.8 Å². The fourth-order valence-electron chi connectivity index (χ4n) is 4.80. The summed E-state index contributed by atoms with van der Waals surface area (Å²) in [6, 6.07) is 21.0. The van der Waals surface area contributed by atoms with E-state index in [1.165, 1.54) is 21.6 Å². The molecule has 1 aliphatic heterocycles. The molecule has 7 nitrogen and oxygen atoms in total. The van der Waals surface area contributed by atoms with Crippen LogP contribution in [0.5, 0.6) is 0 Å². The monoisotopic (exact) mass is 562 g/mol. The second-order valence-electron chi connectivity index (χ2n) is 9.91. The highest BCUT2D eigenvalue weighted by Crippen LogP contribution is 2.31. The summed E-state index contributed by atoms with van der Waals surface area (Å²) in [4.78, 5) is 32.9. The molecule has 10 heteroatoms. The van der Waals surface area contributed by atoms with Crippen LogP contribution in [0.15, 0.2) is 85.1 Å². The third-order valence-corrected chi connectivity index (χ3v) is 6.94. The number of carbonyl (C=O) groups is 2. The molecule has 0 aliphatic carbocycles. The van der Waals surface area contributed by atoms with E-state index in [0.29, 0.717) is 23.6 Å². The number of rotatable bonds is 8. The molecule has 2 heterocycles. The minimum atomic E-state index is -4.48. The molecule has 1 fully saturated rings. The number of nitrogens with one attached hydrogen (secondary N) is 1. The van der Waals surface area contributed by atoms with Gasteiger partial charge in [0, 0.05) is 36.2 Å². The van der Waals surface area contributed by atoms with Crippen molar-refractivity contribution >= 4 is 17.8 Å². The molecule has 2 amide bonds. The molecule has 0 radical (unpaired) electrons. The van der Waals surface area contributed by atoms with Crippen LogP contribution in [-0.4, -0.2) is 52.1 Å². The summed E-state index contributed by atoms with van der Waals surface area (Å²) in [6.07, 6.45) is -1.32. The van der Waals surface area contributed by atoms with Gasteiger partial charge in [0.15, 0.2) is 0 Å². The van der Waals surface area contributed by atoms with Gasteiger partial charge in [-0.2, -0.15) is 13.2 Å². The lowest BCUT2D eigenvalue weighted by molar-refractivity contribution is -0.137. The summed E-state index contributed by atoms with van der Waals surface area (Å²) in [6.45, 7) is 2.44. The lowest BCUT2D eigenvalue weighted by Crippen LogP contribution is -2.42. The van der Waals surface area contributed by atoms with Gasteiger partial charge in [-0.15, -0.1) is 0 Å². The molecule has 3 aromatic carbocycles. The fraction of sp³-hybridized carbons (Fsp3) is 0.258. The maximum Gasteiger partial charge on any atom is 0.416 e. The van der Waals surface area contributed by atoms with E-state index in [0.717, 1.165) is 36.1 Å². The second-order valence-corrected chi connectivity index (χ2v) is 9.91. The SMILES string of the molecule is Cc1ccccc1C(=O)N(CC(=O)Nc1nc(-c2ccccc2)cn1-c1ccc(C(F)(F)F)cc1)C[C@@H]1CCCO1. The van der Waals surface area contributed by atoms with Crippen molar-refractivity contribution in [2.24, 2.45) is 0 Å². The summed E-state index contributed by atoms with van der Waals surface area (Å²) < 4.78 is 46.7. The molecule has 1 N–H and O–H groups in total. The average Bonchev–Trinajstić information content (AvgIpc) is 3.63. The first-order valence-electron chi connectivity index (χ1n) is 13.3. The minimum Gasteiger partial charge on any atom is -0.376 e. The summed E-state index contributed by atoms with van der Waals surface area (Å²) in [5.41, 5.74) is 2.18. The van der Waals surface area contributed by atoms with Gasteiger partial charge in [-0.1, -0.05) is 48.5 Å². The predicted octanol–water partition coefficient (Wildman–Crippen LogP) is 6.13. The van der Waals surface area contributed by atoms with Gasteiger partial charge in [0.25, 0.3) is 5.91 Å². The molecular formula is C31H29F3N4O3. The van der Waals surface area contributed by atoms with Crippen molar-refractivity contribution in [2.75, 3.05) is 25.0 Å². The van der Waals surface area contributed by atoms with Gasteiger partial charge in [-0.3, -0.25) is 19.5 Å². The molecular weight excluding hydrogens is 533 g/mol. The molecule has 0 bridgehead atoms. The highest BCUT2D eigenvalue weighted by molar-refractivity contribution is 6.00. The van der Waals surface area contributed by atoms with Crippen LogP contribution in [-0.2, 0) is 15.7 Å². The van der Waals surface area contributed by atoms with E-state index in [4.69, 9.17) is 4.74 Å². The Morgan fingerprint density at radius 1 is 1.02 bits per heavy atom. The number of halogens is 3. The van der Waals surface area contributed by atoms with Gasteiger partial charge in [0.05, 0.1) is 17.4 Å². The largest absolute Gasteiger partial charge is 0.416 e. The molecule has 1 aromatic heterocycles. The van der Waals surface area contributed by atoms with Crippen LogP contribution in [0.1, 0.15) is 34.3 Å². The zero-order chi connectivity index (χ0) is 29.0. The smallest absolute Gasteiger partial charge is 0.376 e. The Morgan fingerprint density at radius 2 is 1.73 bits per heavy atom. The molecule has 5 rings (SSSR count). The van der Waals surface area contributed by atoms with Crippen LogP contribution in [0.3, 0.4) is 0 Å². The van der Waals surface area contributed by atoms with Crippen molar-refractivity contribution in [3.8, 4) is 16.9 Å². The number of aromatic nitrogens is 2. The first-order chi connectivity index (χ1) is 19.7. The Hall–Kier alpha value is -4.44. The quantitative estimate of drug-likeness (QED) is 0.281. The number of carbonyl (C=O) groups excluding carboxylic acids is 2. The third-order valence-electron chi connectivity index (χ3n) is 6.94. The number of benzene rings is 3. The van der Waals surface area contributed by atoms with Crippen molar-refractivity contribution in [3.63, 3.8) is 0 Å². The number of amides is 2. The zero-order valence-electron chi connectivity index (χ0n) is 22.4. The van der Waals surface area contributed by atoms with Gasteiger partial charge >= 0.3 is 6.18 Å². The Bertz CT molecular complexity index is 1510. The highest BCUT2D eigenvalue weighted by atomic mass is 19.4. The van der Waals surface area contributed by atoms with Crippen LogP contribution in [0.4, 0.5) is 19.1 Å². The molecule has 0 saturated carbocycles. The van der Waals surface area contributed by atoms with Gasteiger partial charge in [-0.25, -0.2) is 4.98 Å². The molecule has 1 saturated heterocycles. The van der Waals surface area contributed by atoms with Crippen molar-refractivity contribution in [2.45, 2.75) is 32.0 Å². The molecule has 0 unspecified atom stereocenters. The number of hydrogen-bond acceptors (Lipinski definition) is 4.